The highest BCUT2D eigenvalue weighted by molar-refractivity contribution is 5.74. The Hall–Kier alpha value is -1.65. The number of carbonyl (C=O) groups is 1. The van der Waals surface area contributed by atoms with Crippen LogP contribution in [0.5, 0.6) is 5.88 Å². The lowest BCUT2D eigenvalue weighted by atomic mass is 10.2. The number of hydrogen-bond acceptors (Lipinski definition) is 3. The fourth-order valence-corrected chi connectivity index (χ4v) is 0.837. The molecule has 1 unspecified atom stereocenters. The van der Waals surface area contributed by atoms with Gasteiger partial charge in [0.1, 0.15) is 0 Å². The quantitative estimate of drug-likeness (QED) is 0.768. The van der Waals surface area contributed by atoms with Gasteiger partial charge in [-0.3, -0.25) is 0 Å². The molecule has 0 saturated heterocycles. The summed E-state index contributed by atoms with van der Waals surface area (Å²) >= 11 is 0. The van der Waals surface area contributed by atoms with Crippen molar-refractivity contribution in [1.29, 1.82) is 0 Å². The Balaban J connectivity index is 2.94. The van der Waals surface area contributed by atoms with E-state index in [9.17, 15) is 9.18 Å². The second-order valence-electron chi connectivity index (χ2n) is 2.33. The molecular formula is C8H8FNO3. The number of halogens is 1. The molecule has 0 fully saturated rings. The molecule has 0 aliphatic heterocycles. The van der Waals surface area contributed by atoms with Gasteiger partial charge in [0.2, 0.25) is 12.1 Å². The molecule has 4 nitrogen and oxygen atoms in total. The van der Waals surface area contributed by atoms with Crippen LogP contribution in [-0.4, -0.2) is 23.2 Å². The Labute approximate surface area is 74.0 Å². The molecule has 13 heavy (non-hydrogen) atoms. The molecule has 1 aromatic heterocycles. The summed E-state index contributed by atoms with van der Waals surface area (Å²) in [6.45, 7) is 0. The largest absolute Gasteiger partial charge is 0.481 e. The molecule has 70 valence electrons. The predicted molar refractivity (Wildman–Crippen MR) is 42.3 cm³/mol. The van der Waals surface area contributed by atoms with Gasteiger partial charge in [0.05, 0.1) is 7.11 Å². The average molecular weight is 185 g/mol. The van der Waals surface area contributed by atoms with Crippen LogP contribution in [0.2, 0.25) is 0 Å². The number of alkyl halides is 1. The summed E-state index contributed by atoms with van der Waals surface area (Å²) in [7, 11) is 1.38. The first-order valence-corrected chi connectivity index (χ1v) is 3.52. The summed E-state index contributed by atoms with van der Waals surface area (Å²) in [6, 6.07) is 2.54. The van der Waals surface area contributed by atoms with Gasteiger partial charge in [-0.05, 0) is 6.07 Å². The molecule has 5 heteroatoms. The number of methoxy groups -OCH3 is 1. The van der Waals surface area contributed by atoms with Crippen molar-refractivity contribution in [3.8, 4) is 5.88 Å². The number of aromatic nitrogens is 1. The van der Waals surface area contributed by atoms with Crippen molar-refractivity contribution in [1.82, 2.24) is 4.98 Å². The normalized spacial score (nSPS) is 12.2. The number of rotatable bonds is 3. The number of hydrogen-bond donors (Lipinski definition) is 1. The van der Waals surface area contributed by atoms with Crippen LogP contribution in [0.25, 0.3) is 0 Å². The summed E-state index contributed by atoms with van der Waals surface area (Å²) in [5.41, 5.74) is 0.0272. The van der Waals surface area contributed by atoms with Crippen LogP contribution in [0.3, 0.4) is 0 Å². The molecule has 0 spiro atoms. The van der Waals surface area contributed by atoms with Gasteiger partial charge in [0.15, 0.2) is 0 Å². The summed E-state index contributed by atoms with van der Waals surface area (Å²) in [5.74, 6) is -1.32. The lowest BCUT2D eigenvalue weighted by molar-refractivity contribution is -0.143. The first-order chi connectivity index (χ1) is 6.15. The Kier molecular flexibility index (Phi) is 2.79. The molecule has 1 rings (SSSR count). The predicted octanol–water partition coefficient (Wildman–Crippen LogP) is 1.19. The van der Waals surface area contributed by atoms with Gasteiger partial charge < -0.3 is 9.84 Å². The van der Waals surface area contributed by atoms with E-state index in [0.29, 0.717) is 0 Å². The van der Waals surface area contributed by atoms with Gasteiger partial charge in [0, 0.05) is 17.8 Å². The zero-order chi connectivity index (χ0) is 9.84. The highest BCUT2D eigenvalue weighted by Gasteiger charge is 2.18. The zero-order valence-electron chi connectivity index (χ0n) is 6.90. The van der Waals surface area contributed by atoms with E-state index in [2.05, 4.69) is 4.98 Å². The molecule has 0 bridgehead atoms. The van der Waals surface area contributed by atoms with Crippen LogP contribution in [0.1, 0.15) is 11.7 Å². The minimum Gasteiger partial charge on any atom is -0.481 e. The summed E-state index contributed by atoms with van der Waals surface area (Å²) in [5, 5.41) is 8.36. The molecule has 0 aliphatic carbocycles. The molecule has 1 N–H and O–H groups in total. The molecule has 1 heterocycles. The minimum atomic E-state index is -2.03. The maximum atomic E-state index is 12.9. The van der Waals surface area contributed by atoms with Crippen LogP contribution in [-0.2, 0) is 4.79 Å². The number of carboxylic acids is 1. The molecule has 0 aliphatic rings. The van der Waals surface area contributed by atoms with Crippen LogP contribution in [0.15, 0.2) is 18.3 Å². The number of ether oxygens (including phenoxy) is 1. The van der Waals surface area contributed by atoms with Crippen LogP contribution in [0.4, 0.5) is 4.39 Å². The zero-order valence-corrected chi connectivity index (χ0v) is 6.90. The molecule has 0 aromatic carbocycles. The van der Waals surface area contributed by atoms with E-state index in [4.69, 9.17) is 9.84 Å². The highest BCUT2D eigenvalue weighted by atomic mass is 19.1. The van der Waals surface area contributed by atoms with Gasteiger partial charge in [-0.1, -0.05) is 0 Å². The molecule has 1 aromatic rings. The molecule has 0 amide bonds. The molecule has 1 atom stereocenters. The second kappa shape index (κ2) is 3.84. The Morgan fingerprint density at radius 1 is 1.77 bits per heavy atom. The second-order valence-corrected chi connectivity index (χ2v) is 2.33. The van der Waals surface area contributed by atoms with Crippen molar-refractivity contribution in [3.05, 3.63) is 23.9 Å². The lowest BCUT2D eigenvalue weighted by Crippen LogP contribution is -2.06. The van der Waals surface area contributed by atoms with Crippen molar-refractivity contribution < 1.29 is 19.0 Å². The SMILES string of the molecule is COc1cc(C(F)C(=O)O)ccn1. The van der Waals surface area contributed by atoms with Crippen molar-refractivity contribution in [2.75, 3.05) is 7.11 Å². The molecular weight excluding hydrogens is 177 g/mol. The van der Waals surface area contributed by atoms with Gasteiger partial charge in [-0.15, -0.1) is 0 Å². The van der Waals surface area contributed by atoms with E-state index >= 15 is 0 Å². The van der Waals surface area contributed by atoms with Crippen molar-refractivity contribution in [3.63, 3.8) is 0 Å². The third-order valence-corrected chi connectivity index (χ3v) is 1.48. The van der Waals surface area contributed by atoms with Crippen LogP contribution >= 0.6 is 0 Å². The third-order valence-electron chi connectivity index (χ3n) is 1.48. The summed E-state index contributed by atoms with van der Waals surface area (Å²) < 4.78 is 17.6. The number of carboxylic acid groups (broad SMARTS) is 1. The monoisotopic (exact) mass is 185 g/mol. The fourth-order valence-electron chi connectivity index (χ4n) is 0.837. The number of nitrogens with zero attached hydrogens (tertiary/aromatic N) is 1. The van der Waals surface area contributed by atoms with Gasteiger partial charge in [-0.25, -0.2) is 14.2 Å². The Morgan fingerprint density at radius 2 is 2.46 bits per heavy atom. The maximum Gasteiger partial charge on any atom is 0.343 e. The Morgan fingerprint density at radius 3 is 3.00 bits per heavy atom. The molecule has 0 radical (unpaired) electrons. The van der Waals surface area contributed by atoms with E-state index in [1.54, 1.807) is 0 Å². The summed E-state index contributed by atoms with van der Waals surface area (Å²) in [4.78, 5) is 14.0. The smallest absolute Gasteiger partial charge is 0.343 e. The third kappa shape index (κ3) is 2.14. The summed E-state index contributed by atoms with van der Waals surface area (Å²) in [6.07, 6.45) is -0.735. The van der Waals surface area contributed by atoms with E-state index in [1.807, 2.05) is 0 Å². The highest BCUT2D eigenvalue weighted by Crippen LogP contribution is 2.19. The van der Waals surface area contributed by atoms with E-state index in [1.165, 1.54) is 25.4 Å². The lowest BCUT2D eigenvalue weighted by Gasteiger charge is -2.04. The van der Waals surface area contributed by atoms with Gasteiger partial charge >= 0.3 is 5.97 Å². The topological polar surface area (TPSA) is 59.4 Å². The van der Waals surface area contributed by atoms with E-state index < -0.39 is 12.1 Å². The van der Waals surface area contributed by atoms with E-state index in [-0.39, 0.29) is 11.4 Å². The Bertz CT molecular complexity index is 316. The number of pyridine rings is 1. The first-order valence-electron chi connectivity index (χ1n) is 3.52. The minimum absolute atomic E-state index is 0.0272. The fraction of sp³-hybridized carbons (Fsp3) is 0.250. The average Bonchev–Trinajstić information content (AvgIpc) is 2.16. The van der Waals surface area contributed by atoms with Crippen molar-refractivity contribution >= 4 is 5.97 Å². The van der Waals surface area contributed by atoms with Crippen LogP contribution in [0, 0.1) is 0 Å². The van der Waals surface area contributed by atoms with E-state index in [0.717, 1.165) is 0 Å². The molecule has 0 saturated carbocycles. The number of aliphatic carboxylic acids is 1. The van der Waals surface area contributed by atoms with Gasteiger partial charge in [-0.2, -0.15) is 0 Å². The standard InChI is InChI=1S/C8H8FNO3/c1-13-6-4-5(2-3-10-6)7(9)8(11)12/h2-4,7H,1H3,(H,11,12). The van der Waals surface area contributed by atoms with Crippen molar-refractivity contribution in [2.45, 2.75) is 6.17 Å². The van der Waals surface area contributed by atoms with Crippen LogP contribution < -0.4 is 4.74 Å². The maximum absolute atomic E-state index is 12.9. The van der Waals surface area contributed by atoms with Crippen molar-refractivity contribution in [2.24, 2.45) is 0 Å². The first kappa shape index (κ1) is 9.44. The van der Waals surface area contributed by atoms with Gasteiger partial charge in [0.25, 0.3) is 0 Å².